The second-order valence-corrected chi connectivity index (χ2v) is 7.01. The highest BCUT2D eigenvalue weighted by Crippen LogP contribution is 2.26. The summed E-state index contributed by atoms with van der Waals surface area (Å²) in [4.78, 5) is 23.9. The number of hydrogen-bond donors (Lipinski definition) is 2. The van der Waals surface area contributed by atoms with Gasteiger partial charge in [-0.05, 0) is 64.8 Å². The largest absolute Gasteiger partial charge is 0.492 e. The van der Waals surface area contributed by atoms with E-state index in [0.717, 1.165) is 10.9 Å². The molecule has 2 aromatic rings. The summed E-state index contributed by atoms with van der Waals surface area (Å²) in [6.07, 6.45) is 0.892. The molecule has 0 saturated carbocycles. The van der Waals surface area contributed by atoms with Crippen molar-refractivity contribution in [3.63, 3.8) is 0 Å². The minimum atomic E-state index is -0.469. The maximum absolute atomic E-state index is 12.1. The lowest BCUT2D eigenvalue weighted by molar-refractivity contribution is -0.123. The fourth-order valence-corrected chi connectivity index (χ4v) is 2.64. The summed E-state index contributed by atoms with van der Waals surface area (Å²) >= 11 is 6.68. The summed E-state index contributed by atoms with van der Waals surface area (Å²) in [7, 11) is 0. The molecule has 0 heterocycles. The monoisotopic (exact) mass is 484 g/mol. The van der Waals surface area contributed by atoms with E-state index in [1.165, 1.54) is 0 Å². The van der Waals surface area contributed by atoms with E-state index in [4.69, 9.17) is 9.47 Å². The first-order valence-corrected chi connectivity index (χ1v) is 9.48. The van der Waals surface area contributed by atoms with Crippen molar-refractivity contribution >= 4 is 43.7 Å². The Hall–Kier alpha value is -2.06. The summed E-state index contributed by atoms with van der Waals surface area (Å²) in [5, 5.41) is 0. The molecule has 26 heavy (non-hydrogen) atoms. The van der Waals surface area contributed by atoms with Crippen molar-refractivity contribution in [3.05, 3.63) is 57.0 Å². The van der Waals surface area contributed by atoms with Gasteiger partial charge in [-0.3, -0.25) is 20.4 Å². The van der Waals surface area contributed by atoms with Crippen molar-refractivity contribution in [2.75, 3.05) is 13.2 Å². The predicted octanol–water partition coefficient (Wildman–Crippen LogP) is 3.84. The van der Waals surface area contributed by atoms with Gasteiger partial charge in [0, 0.05) is 10.0 Å². The maximum Gasteiger partial charge on any atom is 0.276 e. The molecule has 138 valence electrons. The highest BCUT2D eigenvalue weighted by atomic mass is 79.9. The number of carbonyl (C=O) groups is 2. The molecule has 2 amide bonds. The molecule has 0 unspecified atom stereocenters. The maximum atomic E-state index is 12.1. The van der Waals surface area contributed by atoms with Crippen LogP contribution in [-0.2, 0) is 4.79 Å². The van der Waals surface area contributed by atoms with E-state index >= 15 is 0 Å². The molecule has 8 heteroatoms. The summed E-state index contributed by atoms with van der Waals surface area (Å²) in [6.45, 7) is 2.40. The van der Waals surface area contributed by atoms with E-state index in [2.05, 4.69) is 42.7 Å². The Labute approximate surface area is 168 Å². The number of halogens is 2. The predicted molar refractivity (Wildman–Crippen MR) is 105 cm³/mol. The number of nitrogens with one attached hydrogen (secondary N) is 2. The molecule has 0 aliphatic rings. The molecule has 2 N–H and O–H groups in total. The van der Waals surface area contributed by atoms with Gasteiger partial charge in [-0.25, -0.2) is 0 Å². The second kappa shape index (κ2) is 10.2. The Bertz CT molecular complexity index is 766. The first kappa shape index (κ1) is 20.3. The zero-order chi connectivity index (χ0) is 18.9. The first-order chi connectivity index (χ1) is 12.5. The Balaban J connectivity index is 1.81. The summed E-state index contributed by atoms with van der Waals surface area (Å²) in [5.74, 6) is 0.310. The zero-order valence-electron chi connectivity index (χ0n) is 14.1. The molecule has 0 bridgehead atoms. The van der Waals surface area contributed by atoms with Gasteiger partial charge in [0.2, 0.25) is 0 Å². The van der Waals surface area contributed by atoms with Crippen LogP contribution in [0.4, 0.5) is 0 Å². The van der Waals surface area contributed by atoms with Crippen LogP contribution in [0.1, 0.15) is 23.7 Å². The van der Waals surface area contributed by atoms with E-state index in [9.17, 15) is 9.59 Å². The Morgan fingerprint density at radius 1 is 1.00 bits per heavy atom. The fourth-order valence-electron chi connectivity index (χ4n) is 1.89. The highest BCUT2D eigenvalue weighted by Gasteiger charge is 2.11. The van der Waals surface area contributed by atoms with Crippen molar-refractivity contribution in [2.45, 2.75) is 13.3 Å². The lowest BCUT2D eigenvalue weighted by Gasteiger charge is -2.11. The zero-order valence-corrected chi connectivity index (χ0v) is 17.2. The molecule has 2 rings (SSSR count). The lowest BCUT2D eigenvalue weighted by atomic mass is 10.2. The van der Waals surface area contributed by atoms with Crippen molar-refractivity contribution in [3.8, 4) is 11.5 Å². The van der Waals surface area contributed by atoms with Crippen molar-refractivity contribution < 1.29 is 19.1 Å². The van der Waals surface area contributed by atoms with Gasteiger partial charge in [-0.1, -0.05) is 22.9 Å². The molecule has 0 spiro atoms. The van der Waals surface area contributed by atoms with E-state index in [1.807, 2.05) is 6.92 Å². The van der Waals surface area contributed by atoms with Crippen LogP contribution in [0, 0.1) is 0 Å². The van der Waals surface area contributed by atoms with Gasteiger partial charge in [0.1, 0.15) is 11.5 Å². The Morgan fingerprint density at radius 2 is 1.73 bits per heavy atom. The smallest absolute Gasteiger partial charge is 0.276 e. The highest BCUT2D eigenvalue weighted by molar-refractivity contribution is 9.10. The minimum absolute atomic E-state index is 0.213. The lowest BCUT2D eigenvalue weighted by Crippen LogP contribution is -2.43. The third-order valence-corrected chi connectivity index (χ3v) is 4.30. The van der Waals surface area contributed by atoms with Crippen LogP contribution in [-0.4, -0.2) is 25.0 Å². The number of amides is 2. The molecule has 0 fully saturated rings. The SMILES string of the molecule is CCCOc1ccc(C(=O)NNC(=O)COc2ccc(Br)cc2)cc1Br. The first-order valence-electron chi connectivity index (χ1n) is 7.89. The van der Waals surface area contributed by atoms with E-state index in [1.54, 1.807) is 42.5 Å². The summed E-state index contributed by atoms with van der Waals surface area (Å²) in [5.41, 5.74) is 5.04. The van der Waals surface area contributed by atoms with Crippen LogP contribution in [0.5, 0.6) is 11.5 Å². The van der Waals surface area contributed by atoms with Gasteiger partial charge in [-0.2, -0.15) is 0 Å². The van der Waals surface area contributed by atoms with Gasteiger partial charge in [0.15, 0.2) is 6.61 Å². The van der Waals surface area contributed by atoms with Crippen LogP contribution >= 0.6 is 31.9 Å². The standard InChI is InChI=1S/C18H18Br2N2O4/c1-2-9-25-16-8-3-12(10-15(16)20)18(24)22-21-17(23)11-26-14-6-4-13(19)5-7-14/h3-8,10H,2,9,11H2,1H3,(H,21,23)(H,22,24). The molecule has 0 aromatic heterocycles. The van der Waals surface area contributed by atoms with E-state index in [0.29, 0.717) is 28.1 Å². The van der Waals surface area contributed by atoms with E-state index in [-0.39, 0.29) is 6.61 Å². The van der Waals surface area contributed by atoms with Crippen LogP contribution in [0.2, 0.25) is 0 Å². The Morgan fingerprint density at radius 3 is 2.38 bits per heavy atom. The number of rotatable bonds is 7. The Kier molecular flexibility index (Phi) is 7.93. The van der Waals surface area contributed by atoms with Gasteiger partial charge in [-0.15, -0.1) is 0 Å². The van der Waals surface area contributed by atoms with Crippen LogP contribution in [0.15, 0.2) is 51.4 Å². The second-order valence-electron chi connectivity index (χ2n) is 5.24. The van der Waals surface area contributed by atoms with Crippen LogP contribution in [0.25, 0.3) is 0 Å². The molecule has 0 saturated heterocycles. The third-order valence-electron chi connectivity index (χ3n) is 3.15. The van der Waals surface area contributed by atoms with Gasteiger partial charge in [0.05, 0.1) is 11.1 Å². The van der Waals surface area contributed by atoms with Crippen molar-refractivity contribution in [1.82, 2.24) is 10.9 Å². The number of hydrogen-bond acceptors (Lipinski definition) is 4. The normalized spacial score (nSPS) is 10.1. The van der Waals surface area contributed by atoms with Gasteiger partial charge >= 0.3 is 0 Å². The van der Waals surface area contributed by atoms with Crippen LogP contribution < -0.4 is 20.3 Å². The molecule has 0 radical (unpaired) electrons. The third kappa shape index (κ3) is 6.34. The summed E-state index contributed by atoms with van der Waals surface area (Å²) in [6, 6.07) is 12.0. The fraction of sp³-hybridized carbons (Fsp3) is 0.222. The molecule has 0 aliphatic heterocycles. The van der Waals surface area contributed by atoms with Gasteiger partial charge < -0.3 is 9.47 Å². The number of benzene rings is 2. The molecule has 0 aliphatic carbocycles. The number of hydrazine groups is 1. The summed E-state index contributed by atoms with van der Waals surface area (Å²) < 4.78 is 12.4. The van der Waals surface area contributed by atoms with Crippen molar-refractivity contribution in [2.24, 2.45) is 0 Å². The molecule has 0 atom stereocenters. The van der Waals surface area contributed by atoms with Crippen molar-refractivity contribution in [1.29, 1.82) is 0 Å². The van der Waals surface area contributed by atoms with Gasteiger partial charge in [0.25, 0.3) is 11.8 Å². The average molecular weight is 486 g/mol. The van der Waals surface area contributed by atoms with Crippen LogP contribution in [0.3, 0.4) is 0 Å². The number of carbonyl (C=O) groups excluding carboxylic acids is 2. The number of ether oxygens (including phenoxy) is 2. The molecule has 6 nitrogen and oxygen atoms in total. The molecular formula is C18H18Br2N2O4. The molecular weight excluding hydrogens is 468 g/mol. The average Bonchev–Trinajstić information content (AvgIpc) is 2.64. The quantitative estimate of drug-likeness (QED) is 0.584. The topological polar surface area (TPSA) is 76.7 Å². The molecule has 2 aromatic carbocycles. The van der Waals surface area contributed by atoms with E-state index < -0.39 is 11.8 Å². The minimum Gasteiger partial charge on any atom is -0.492 e.